The molecule has 0 spiro atoms. The van der Waals surface area contributed by atoms with Gasteiger partial charge < -0.3 is 69.3 Å². The molecular weight excluding hydrogens is 1920 g/mol. The van der Waals surface area contributed by atoms with Gasteiger partial charge in [0.25, 0.3) is 0 Å². The van der Waals surface area contributed by atoms with Crippen LogP contribution in [0.2, 0.25) is 0 Å². The van der Waals surface area contributed by atoms with E-state index in [1.54, 1.807) is 0 Å². The zero-order valence-electron chi connectivity index (χ0n) is 95.8. The SMILES string of the molecule is CCCCCCCCCCCCCCCCCC(=O)[O-].CCCCCCCCCCCCCCCCCC(=O)[O-].CCCCCCCCCCCCCCCCCC(=O)[O-].CCCCCCCCCCCCCCCCCC(=O)[O-].CCCCCCCCCCCCCCCCCC(=O)[O-].CCCCCCCCCCCCCCCCCC(=O)[O-].CCCCCCCCCCCCCCCCCC(=O)[O-].[Re]. The number of aliphatic carboxylic acids is 7. The van der Waals surface area contributed by atoms with Crippen molar-refractivity contribution in [2.24, 2.45) is 0 Å². The summed E-state index contributed by atoms with van der Waals surface area (Å²) in [5.74, 6) is -6.32. The summed E-state index contributed by atoms with van der Waals surface area (Å²) in [7, 11) is 0. The molecule has 0 rings (SSSR count). The summed E-state index contributed by atoms with van der Waals surface area (Å²) in [5, 5.41) is 71.6. The van der Waals surface area contributed by atoms with Crippen LogP contribution in [0.4, 0.5) is 0 Å². The van der Waals surface area contributed by atoms with Crippen molar-refractivity contribution in [3.8, 4) is 0 Å². The maximum atomic E-state index is 10.2. The van der Waals surface area contributed by atoms with Crippen molar-refractivity contribution in [2.45, 2.75) is 768 Å². The molecule has 0 aromatic carbocycles. The van der Waals surface area contributed by atoms with Crippen LogP contribution in [0.5, 0.6) is 0 Å². The molecule has 0 atom stereocenters. The van der Waals surface area contributed by atoms with Gasteiger partial charge in [-0.25, -0.2) is 0 Å². The first-order valence-electron chi connectivity index (χ1n) is 62.8. The molecule has 0 bridgehead atoms. The fourth-order valence-electron chi connectivity index (χ4n) is 18.5. The molecule has 0 aliphatic carbocycles. The second kappa shape index (κ2) is 150. The van der Waals surface area contributed by atoms with Gasteiger partial charge >= 0.3 is 0 Å². The summed E-state index contributed by atoms with van der Waals surface area (Å²) in [6.07, 6.45) is 139. The van der Waals surface area contributed by atoms with Gasteiger partial charge in [0.05, 0.1) is 0 Å². The largest absolute Gasteiger partial charge is 0.550 e. The van der Waals surface area contributed by atoms with Crippen LogP contribution in [0.3, 0.4) is 0 Å². The zero-order valence-corrected chi connectivity index (χ0v) is 98.5. The number of carboxylic acid groups (broad SMARTS) is 7. The summed E-state index contributed by atoms with van der Waals surface area (Å²) in [4.78, 5) is 71.6. The molecule has 0 aliphatic heterocycles. The molecule has 0 aliphatic rings. The molecule has 141 heavy (non-hydrogen) atoms. The minimum Gasteiger partial charge on any atom is -0.550 e. The van der Waals surface area contributed by atoms with E-state index in [2.05, 4.69) is 48.5 Å². The van der Waals surface area contributed by atoms with Crippen molar-refractivity contribution >= 4 is 41.8 Å². The monoisotopic (exact) mass is 2170 g/mol. The zero-order chi connectivity index (χ0) is 104. The van der Waals surface area contributed by atoms with E-state index in [0.717, 1.165) is 89.9 Å². The maximum Gasteiger partial charge on any atom is 0.0414 e. The number of carboxylic acids is 7. The quantitative estimate of drug-likeness (QED) is 0.0512. The molecule has 0 heterocycles. The van der Waals surface area contributed by atoms with Crippen LogP contribution >= 0.6 is 0 Å². The van der Waals surface area contributed by atoms with Crippen molar-refractivity contribution in [3.05, 3.63) is 0 Å². The first-order chi connectivity index (χ1) is 68.4. The summed E-state index contributed by atoms with van der Waals surface area (Å²) in [6.45, 7) is 15.9. The van der Waals surface area contributed by atoms with Crippen molar-refractivity contribution in [1.29, 1.82) is 0 Å². The molecule has 14 nitrogen and oxygen atoms in total. The Morgan fingerprint density at radius 3 is 0.177 bits per heavy atom. The topological polar surface area (TPSA) is 281 Å². The van der Waals surface area contributed by atoms with Crippen molar-refractivity contribution in [2.75, 3.05) is 0 Å². The first-order valence-corrected chi connectivity index (χ1v) is 62.8. The average Bonchev–Trinajstić information content (AvgIpc) is 1.11. The third kappa shape index (κ3) is 186. The van der Waals surface area contributed by atoms with E-state index in [-0.39, 0.29) is 65.4 Å². The van der Waals surface area contributed by atoms with E-state index < -0.39 is 41.8 Å². The standard InChI is InChI=1S/7C18H36O2.Re/c7*1-2-3-4-5-6-7-8-9-10-11-12-13-14-15-16-17-18(19)20;/h7*2-17H2,1H3,(H,19,20);/p-7. The fraction of sp³-hybridized carbons (Fsp3) is 0.944. The normalized spacial score (nSPS) is 10.8. The molecule has 0 aromatic heterocycles. The molecule has 0 saturated carbocycles. The van der Waals surface area contributed by atoms with Gasteiger partial charge in [0, 0.05) is 62.2 Å². The van der Waals surface area contributed by atoms with Crippen LogP contribution in [0.25, 0.3) is 0 Å². The number of carbonyl (C=O) groups is 7. The van der Waals surface area contributed by atoms with Gasteiger partial charge in [0.15, 0.2) is 0 Å². The molecular formula is C126H245O14Re-7. The van der Waals surface area contributed by atoms with Crippen LogP contribution < -0.4 is 35.7 Å². The number of carbonyl (C=O) groups excluding carboxylic acids is 7. The predicted molar refractivity (Wildman–Crippen MR) is 592 cm³/mol. The van der Waals surface area contributed by atoms with Gasteiger partial charge in [-0.05, 0) is 89.9 Å². The summed E-state index contributed by atoms with van der Waals surface area (Å²) >= 11 is 0. The second-order valence-corrected chi connectivity index (χ2v) is 42.5. The molecule has 0 N–H and O–H groups in total. The summed E-state index contributed by atoms with van der Waals surface area (Å²) < 4.78 is 0. The van der Waals surface area contributed by atoms with Crippen molar-refractivity contribution in [1.82, 2.24) is 0 Å². The van der Waals surface area contributed by atoms with Gasteiger partial charge in [-0.15, -0.1) is 0 Å². The van der Waals surface area contributed by atoms with E-state index in [1.807, 2.05) is 0 Å². The Hall–Kier alpha value is -3.05. The van der Waals surface area contributed by atoms with Crippen LogP contribution in [0, 0.1) is 0 Å². The minimum absolute atomic E-state index is 0. The van der Waals surface area contributed by atoms with E-state index >= 15 is 0 Å². The number of rotatable bonds is 112. The molecule has 0 saturated heterocycles. The minimum atomic E-state index is -0.903. The van der Waals surface area contributed by atoms with E-state index in [0.29, 0.717) is 0 Å². The smallest absolute Gasteiger partial charge is 0.0414 e. The Morgan fingerprint density at radius 2 is 0.135 bits per heavy atom. The average molecular weight is 2170 g/mol. The molecule has 15 heteroatoms. The fourth-order valence-corrected chi connectivity index (χ4v) is 18.5. The second-order valence-electron chi connectivity index (χ2n) is 42.5. The Balaban J connectivity index is -0.000000244. The Morgan fingerprint density at radius 1 is 0.0922 bits per heavy atom. The van der Waals surface area contributed by atoms with Crippen LogP contribution in [0.15, 0.2) is 0 Å². The number of hydrogen-bond acceptors (Lipinski definition) is 14. The van der Waals surface area contributed by atoms with Gasteiger partial charge in [-0.1, -0.05) is 678 Å². The van der Waals surface area contributed by atoms with E-state index in [1.165, 1.54) is 584 Å². The Labute approximate surface area is 893 Å². The summed E-state index contributed by atoms with van der Waals surface area (Å²) in [5.41, 5.74) is 0. The third-order valence-corrected chi connectivity index (χ3v) is 27.9. The number of hydrogen-bond donors (Lipinski definition) is 0. The van der Waals surface area contributed by atoms with Crippen LogP contribution in [-0.4, -0.2) is 41.8 Å². The van der Waals surface area contributed by atoms with Crippen molar-refractivity contribution < 1.29 is 89.7 Å². The molecule has 0 fully saturated rings. The van der Waals surface area contributed by atoms with Crippen LogP contribution in [-0.2, 0) is 54.0 Å². The van der Waals surface area contributed by atoms with Crippen molar-refractivity contribution in [3.63, 3.8) is 0 Å². The van der Waals surface area contributed by atoms with Gasteiger partial charge in [-0.3, -0.25) is 0 Å². The Bertz CT molecular complexity index is 1850. The molecule has 1 radical (unpaired) electrons. The van der Waals surface area contributed by atoms with Gasteiger partial charge in [0.1, 0.15) is 0 Å². The number of unbranched alkanes of at least 4 members (excludes halogenated alkanes) is 98. The molecule has 0 unspecified atom stereocenters. The molecule has 0 amide bonds. The third-order valence-electron chi connectivity index (χ3n) is 27.9. The molecule has 847 valence electrons. The van der Waals surface area contributed by atoms with Crippen LogP contribution in [0.1, 0.15) is 768 Å². The first kappa shape index (κ1) is 153. The van der Waals surface area contributed by atoms with E-state index in [4.69, 9.17) is 0 Å². The summed E-state index contributed by atoms with van der Waals surface area (Å²) in [6, 6.07) is 0. The predicted octanol–water partition coefficient (Wildman–Crippen LogP) is 35.0. The van der Waals surface area contributed by atoms with E-state index in [9.17, 15) is 69.3 Å². The molecule has 0 aromatic rings. The Kier molecular flexibility index (Phi) is 163. The van der Waals surface area contributed by atoms with Gasteiger partial charge in [-0.2, -0.15) is 0 Å². The maximum absolute atomic E-state index is 10.2. The van der Waals surface area contributed by atoms with Gasteiger partial charge in [0.2, 0.25) is 0 Å².